The van der Waals surface area contributed by atoms with Crippen LogP contribution in [0.4, 0.5) is 13.2 Å². The predicted octanol–water partition coefficient (Wildman–Crippen LogP) is 3.49. The van der Waals surface area contributed by atoms with E-state index in [1.54, 1.807) is 24.3 Å². The lowest BCUT2D eigenvalue weighted by molar-refractivity contribution is -0.140. The summed E-state index contributed by atoms with van der Waals surface area (Å²) < 4.78 is 47.0. The average Bonchev–Trinajstić information content (AvgIpc) is 2.90. The molecule has 0 atom stereocenters. The summed E-state index contributed by atoms with van der Waals surface area (Å²) in [6, 6.07) is 8.49. The van der Waals surface area contributed by atoms with Gasteiger partial charge < -0.3 is 4.57 Å². The molecule has 0 unspecified atom stereocenters. The quantitative estimate of drug-likeness (QED) is 0.742. The Morgan fingerprint density at radius 3 is 2.52 bits per heavy atom. The van der Waals surface area contributed by atoms with Crippen LogP contribution in [0, 0.1) is 0 Å². The molecule has 3 rings (SSSR count). The zero-order valence-electron chi connectivity index (χ0n) is 13.2. The number of imidazole rings is 1. The fourth-order valence-electron chi connectivity index (χ4n) is 2.21. The van der Waals surface area contributed by atoms with Gasteiger partial charge in [0.05, 0.1) is 1.37 Å². The monoisotopic (exact) mass is 319 g/mol. The summed E-state index contributed by atoms with van der Waals surface area (Å²) in [5.41, 5.74) is 0.575. The number of nitrogens with zero attached hydrogens (tertiary/aromatic N) is 4. The molecule has 4 nitrogen and oxygen atoms in total. The van der Waals surface area contributed by atoms with Gasteiger partial charge in [0, 0.05) is 37.6 Å². The third-order valence-electron chi connectivity index (χ3n) is 3.31. The summed E-state index contributed by atoms with van der Waals surface area (Å²) in [4.78, 5) is 11.8. The van der Waals surface area contributed by atoms with Crippen LogP contribution in [0.1, 0.15) is 18.5 Å². The smallest absolute Gasteiger partial charge is 0.333 e. The van der Waals surface area contributed by atoms with Crippen molar-refractivity contribution in [2.45, 2.75) is 12.6 Å². The molecule has 0 radical (unpaired) electrons. The van der Waals surface area contributed by atoms with Crippen LogP contribution in [0.5, 0.6) is 0 Å². The van der Waals surface area contributed by atoms with E-state index in [0.29, 0.717) is 17.8 Å². The molecular weight excluding hydrogens is 305 g/mol. The third-order valence-corrected chi connectivity index (χ3v) is 3.31. The Bertz CT molecular complexity index is 857. The largest absolute Gasteiger partial charge is 0.434 e. The van der Waals surface area contributed by atoms with Gasteiger partial charge >= 0.3 is 6.18 Å². The summed E-state index contributed by atoms with van der Waals surface area (Å²) in [7, 11) is 1.53. The molecule has 0 saturated heterocycles. The number of hydrogen-bond donors (Lipinski definition) is 0. The van der Waals surface area contributed by atoms with Crippen LogP contribution in [-0.4, -0.2) is 19.5 Å². The van der Waals surface area contributed by atoms with Crippen molar-refractivity contribution in [1.29, 1.82) is 0 Å². The first-order chi connectivity index (χ1) is 11.3. The molecular formula is C16H13F3N4. The first-order valence-corrected chi connectivity index (χ1v) is 6.81. The SMILES string of the molecule is [2H]c1ccnc(Cc2ccc(-c3nc(C(F)(F)F)cn3C)cc2)n1. The maximum Gasteiger partial charge on any atom is 0.434 e. The van der Waals surface area contributed by atoms with Crippen molar-refractivity contribution in [2.75, 3.05) is 0 Å². The molecule has 1 aromatic carbocycles. The molecule has 0 saturated carbocycles. The van der Waals surface area contributed by atoms with Crippen LogP contribution in [0.3, 0.4) is 0 Å². The Morgan fingerprint density at radius 2 is 1.91 bits per heavy atom. The van der Waals surface area contributed by atoms with Crippen LogP contribution in [0.25, 0.3) is 11.4 Å². The standard InChI is InChI=1S/C16H13F3N4/c1-23-10-13(16(17,18)19)22-15(23)12-5-3-11(4-6-12)9-14-20-7-2-8-21-14/h2-8,10H,9H2,1H3/i7D. The minimum atomic E-state index is -4.46. The van der Waals surface area contributed by atoms with Crippen LogP contribution in [0.15, 0.2) is 48.9 Å². The maximum atomic E-state index is 12.7. The van der Waals surface area contributed by atoms with Crippen molar-refractivity contribution in [3.05, 3.63) is 66.0 Å². The van der Waals surface area contributed by atoms with Gasteiger partial charge in [0.1, 0.15) is 11.6 Å². The van der Waals surface area contributed by atoms with Gasteiger partial charge in [-0.15, -0.1) is 0 Å². The number of hydrogen-bond acceptors (Lipinski definition) is 3. The zero-order chi connectivity index (χ0) is 17.3. The van der Waals surface area contributed by atoms with Crippen LogP contribution >= 0.6 is 0 Å². The predicted molar refractivity (Wildman–Crippen MR) is 78.5 cm³/mol. The lowest BCUT2D eigenvalue weighted by Crippen LogP contribution is -2.04. The highest BCUT2D eigenvalue weighted by Crippen LogP contribution is 2.30. The fourth-order valence-corrected chi connectivity index (χ4v) is 2.21. The third kappa shape index (κ3) is 3.39. The number of aryl methyl sites for hydroxylation is 1. The molecule has 23 heavy (non-hydrogen) atoms. The number of rotatable bonds is 3. The minimum Gasteiger partial charge on any atom is -0.333 e. The molecule has 7 heteroatoms. The van der Waals surface area contributed by atoms with Crippen molar-refractivity contribution >= 4 is 0 Å². The Labute approximate surface area is 132 Å². The molecule has 0 spiro atoms. The highest BCUT2D eigenvalue weighted by atomic mass is 19.4. The molecule has 0 bridgehead atoms. The second kappa shape index (κ2) is 5.83. The molecule has 3 aromatic rings. The van der Waals surface area contributed by atoms with Crippen LogP contribution < -0.4 is 0 Å². The first-order valence-electron chi connectivity index (χ1n) is 7.31. The summed E-state index contributed by atoms with van der Waals surface area (Å²) in [5.74, 6) is 0.768. The van der Waals surface area contributed by atoms with E-state index in [4.69, 9.17) is 1.37 Å². The summed E-state index contributed by atoms with van der Waals surface area (Å²) in [6.07, 6.45) is -1.39. The Kier molecular flexibility index (Phi) is 3.53. The molecule has 2 heterocycles. The molecule has 0 fully saturated rings. The van der Waals surface area contributed by atoms with E-state index in [0.717, 1.165) is 11.8 Å². The Balaban J connectivity index is 1.83. The molecule has 0 N–H and O–H groups in total. The maximum absolute atomic E-state index is 12.7. The van der Waals surface area contributed by atoms with E-state index in [9.17, 15) is 13.2 Å². The zero-order valence-corrected chi connectivity index (χ0v) is 12.2. The van der Waals surface area contributed by atoms with E-state index in [-0.39, 0.29) is 12.0 Å². The Morgan fingerprint density at radius 1 is 1.17 bits per heavy atom. The van der Waals surface area contributed by atoms with Crippen molar-refractivity contribution in [3.8, 4) is 11.4 Å². The lowest BCUT2D eigenvalue weighted by atomic mass is 10.1. The van der Waals surface area contributed by atoms with E-state index < -0.39 is 11.9 Å². The summed E-state index contributed by atoms with van der Waals surface area (Å²) in [6.45, 7) is 0. The first kappa shape index (κ1) is 13.9. The highest BCUT2D eigenvalue weighted by Gasteiger charge is 2.34. The molecule has 2 aromatic heterocycles. The number of alkyl halides is 3. The van der Waals surface area contributed by atoms with Crippen molar-refractivity contribution in [2.24, 2.45) is 7.05 Å². The van der Waals surface area contributed by atoms with Gasteiger partial charge in [0.15, 0.2) is 5.69 Å². The van der Waals surface area contributed by atoms with Crippen molar-refractivity contribution in [1.82, 2.24) is 19.5 Å². The van der Waals surface area contributed by atoms with Gasteiger partial charge in [0.25, 0.3) is 0 Å². The normalized spacial score (nSPS) is 12.3. The second-order valence-corrected chi connectivity index (χ2v) is 5.03. The van der Waals surface area contributed by atoms with Gasteiger partial charge in [-0.25, -0.2) is 15.0 Å². The van der Waals surface area contributed by atoms with Gasteiger partial charge in [-0.1, -0.05) is 24.3 Å². The van der Waals surface area contributed by atoms with Gasteiger partial charge in [0.2, 0.25) is 0 Å². The lowest BCUT2D eigenvalue weighted by Gasteiger charge is -2.04. The van der Waals surface area contributed by atoms with E-state index in [1.807, 2.05) is 0 Å². The summed E-state index contributed by atoms with van der Waals surface area (Å²) in [5, 5.41) is 0. The number of aromatic nitrogens is 4. The minimum absolute atomic E-state index is 0.143. The number of halogens is 3. The second-order valence-electron chi connectivity index (χ2n) is 5.03. The molecule has 0 aliphatic carbocycles. The molecule has 0 aliphatic heterocycles. The fraction of sp³-hybridized carbons (Fsp3) is 0.188. The molecule has 0 amide bonds. The van der Waals surface area contributed by atoms with Gasteiger partial charge in [-0.05, 0) is 11.6 Å². The molecule has 118 valence electrons. The highest BCUT2D eigenvalue weighted by molar-refractivity contribution is 5.56. The molecule has 0 aliphatic rings. The average molecular weight is 319 g/mol. The van der Waals surface area contributed by atoms with E-state index in [2.05, 4.69) is 15.0 Å². The topological polar surface area (TPSA) is 43.6 Å². The Hall–Kier alpha value is -2.70. The summed E-state index contributed by atoms with van der Waals surface area (Å²) >= 11 is 0. The van der Waals surface area contributed by atoms with Gasteiger partial charge in [-0.2, -0.15) is 13.2 Å². The van der Waals surface area contributed by atoms with Gasteiger partial charge in [-0.3, -0.25) is 0 Å². The van der Waals surface area contributed by atoms with Crippen LogP contribution in [0.2, 0.25) is 0 Å². The number of benzene rings is 1. The van der Waals surface area contributed by atoms with E-state index >= 15 is 0 Å². The van der Waals surface area contributed by atoms with E-state index in [1.165, 1.54) is 23.9 Å². The van der Waals surface area contributed by atoms with Crippen molar-refractivity contribution in [3.63, 3.8) is 0 Å². The van der Waals surface area contributed by atoms with Crippen molar-refractivity contribution < 1.29 is 14.5 Å². The van der Waals surface area contributed by atoms with Crippen LogP contribution in [-0.2, 0) is 19.6 Å².